The molecule has 0 saturated carbocycles. The minimum absolute atomic E-state index is 0.0270. The summed E-state index contributed by atoms with van der Waals surface area (Å²) in [7, 11) is 0. The van der Waals surface area contributed by atoms with Gasteiger partial charge < -0.3 is 10.6 Å². The maximum absolute atomic E-state index is 11.8. The molecular formula is C17H28N2O. The Labute approximate surface area is 123 Å². The van der Waals surface area contributed by atoms with Crippen molar-refractivity contribution in [2.24, 2.45) is 5.92 Å². The molecule has 3 nitrogen and oxygen atoms in total. The highest BCUT2D eigenvalue weighted by molar-refractivity contribution is 5.92. The molecule has 0 radical (unpaired) electrons. The van der Waals surface area contributed by atoms with Gasteiger partial charge in [0, 0.05) is 5.69 Å². The van der Waals surface area contributed by atoms with E-state index in [2.05, 4.69) is 24.5 Å². The average Bonchev–Trinajstić information content (AvgIpc) is 2.45. The summed E-state index contributed by atoms with van der Waals surface area (Å²) in [5.41, 5.74) is 2.06. The summed E-state index contributed by atoms with van der Waals surface area (Å²) in [6.45, 7) is 7.78. The average molecular weight is 276 g/mol. The molecule has 1 aromatic rings. The Morgan fingerprint density at radius 2 is 1.90 bits per heavy atom. The molecule has 112 valence electrons. The van der Waals surface area contributed by atoms with Crippen LogP contribution in [0.3, 0.4) is 0 Å². The van der Waals surface area contributed by atoms with E-state index >= 15 is 0 Å². The Hall–Kier alpha value is -1.35. The van der Waals surface area contributed by atoms with Gasteiger partial charge in [-0.25, -0.2) is 0 Å². The highest BCUT2D eigenvalue weighted by atomic mass is 16.1. The molecule has 1 aromatic carbocycles. The van der Waals surface area contributed by atoms with E-state index in [-0.39, 0.29) is 5.91 Å². The third-order valence-electron chi connectivity index (χ3n) is 3.60. The second-order valence-corrected chi connectivity index (χ2v) is 5.46. The first-order valence-corrected chi connectivity index (χ1v) is 7.73. The Morgan fingerprint density at radius 3 is 2.50 bits per heavy atom. The number of unbranched alkanes of at least 4 members (excludes halogenated alkanes) is 1. The van der Waals surface area contributed by atoms with Crippen LogP contribution >= 0.6 is 0 Å². The number of anilines is 1. The van der Waals surface area contributed by atoms with E-state index in [1.54, 1.807) is 0 Å². The molecule has 1 atom stereocenters. The van der Waals surface area contributed by atoms with Gasteiger partial charge in [0.25, 0.3) is 0 Å². The molecule has 0 bridgehead atoms. The van der Waals surface area contributed by atoms with Crippen molar-refractivity contribution < 1.29 is 4.79 Å². The van der Waals surface area contributed by atoms with Gasteiger partial charge in [-0.15, -0.1) is 0 Å². The maximum Gasteiger partial charge on any atom is 0.238 e. The van der Waals surface area contributed by atoms with Gasteiger partial charge in [0.2, 0.25) is 5.91 Å². The lowest BCUT2D eigenvalue weighted by Crippen LogP contribution is -2.31. The lowest BCUT2D eigenvalue weighted by molar-refractivity contribution is -0.115. The number of aryl methyl sites for hydroxylation is 1. The third-order valence-corrected chi connectivity index (χ3v) is 3.60. The van der Waals surface area contributed by atoms with Crippen molar-refractivity contribution in [3.8, 4) is 0 Å². The van der Waals surface area contributed by atoms with Crippen LogP contribution in [0, 0.1) is 12.8 Å². The molecule has 1 unspecified atom stereocenters. The second kappa shape index (κ2) is 9.54. The van der Waals surface area contributed by atoms with Gasteiger partial charge >= 0.3 is 0 Å². The van der Waals surface area contributed by atoms with Crippen LogP contribution in [0.5, 0.6) is 0 Å². The topological polar surface area (TPSA) is 41.1 Å². The molecule has 20 heavy (non-hydrogen) atoms. The van der Waals surface area contributed by atoms with Crippen LogP contribution in [0.1, 0.15) is 45.1 Å². The smallest absolute Gasteiger partial charge is 0.238 e. The molecule has 1 amide bonds. The third kappa shape index (κ3) is 6.71. The van der Waals surface area contributed by atoms with Crippen molar-refractivity contribution in [3.05, 3.63) is 29.8 Å². The summed E-state index contributed by atoms with van der Waals surface area (Å²) in [6, 6.07) is 7.87. The monoisotopic (exact) mass is 276 g/mol. The lowest BCUT2D eigenvalue weighted by atomic mass is 9.99. The number of carbonyl (C=O) groups excluding carboxylic acids is 1. The van der Waals surface area contributed by atoms with Crippen LogP contribution in [-0.2, 0) is 4.79 Å². The largest absolute Gasteiger partial charge is 0.325 e. The molecule has 0 heterocycles. The first-order chi connectivity index (χ1) is 9.65. The lowest BCUT2D eigenvalue weighted by Gasteiger charge is -2.15. The Kier molecular flexibility index (Phi) is 7.97. The first-order valence-electron chi connectivity index (χ1n) is 7.73. The molecule has 1 rings (SSSR count). The van der Waals surface area contributed by atoms with E-state index in [9.17, 15) is 4.79 Å². The van der Waals surface area contributed by atoms with Gasteiger partial charge in [0.05, 0.1) is 6.54 Å². The normalized spacial score (nSPS) is 12.2. The van der Waals surface area contributed by atoms with Gasteiger partial charge in [0.15, 0.2) is 0 Å². The standard InChI is InChI=1S/C17H28N2O/c1-4-6-7-15(5-2)12-18-13-17(20)19-16-10-8-14(3)9-11-16/h8-11,15,18H,4-7,12-13H2,1-3H3,(H,19,20). The Bertz CT molecular complexity index is 386. The number of benzene rings is 1. The molecule has 0 aliphatic rings. The van der Waals surface area contributed by atoms with Crippen LogP contribution in [0.15, 0.2) is 24.3 Å². The molecule has 2 N–H and O–H groups in total. The number of carbonyl (C=O) groups is 1. The van der Waals surface area contributed by atoms with E-state index in [1.165, 1.54) is 31.2 Å². The molecule has 0 fully saturated rings. The highest BCUT2D eigenvalue weighted by Crippen LogP contribution is 2.11. The van der Waals surface area contributed by atoms with Crippen molar-refractivity contribution >= 4 is 11.6 Å². The summed E-state index contributed by atoms with van der Waals surface area (Å²) >= 11 is 0. The maximum atomic E-state index is 11.8. The quantitative estimate of drug-likeness (QED) is 0.721. The van der Waals surface area contributed by atoms with E-state index in [0.29, 0.717) is 12.5 Å². The van der Waals surface area contributed by atoms with Crippen LogP contribution in [0.25, 0.3) is 0 Å². The predicted octanol–water partition coefficient (Wildman–Crippen LogP) is 3.74. The SMILES string of the molecule is CCCCC(CC)CNCC(=O)Nc1ccc(C)cc1. The number of amides is 1. The van der Waals surface area contributed by atoms with E-state index < -0.39 is 0 Å². The Balaban J connectivity index is 2.23. The van der Waals surface area contributed by atoms with Gasteiger partial charge in [-0.05, 0) is 37.9 Å². The van der Waals surface area contributed by atoms with Gasteiger partial charge in [0.1, 0.15) is 0 Å². The molecule has 0 saturated heterocycles. The molecule has 0 aromatic heterocycles. The molecule has 0 spiro atoms. The molecule has 0 aliphatic carbocycles. The number of hydrogen-bond acceptors (Lipinski definition) is 2. The van der Waals surface area contributed by atoms with E-state index in [4.69, 9.17) is 0 Å². The minimum atomic E-state index is 0.0270. The van der Waals surface area contributed by atoms with E-state index in [1.807, 2.05) is 31.2 Å². The van der Waals surface area contributed by atoms with Gasteiger partial charge in [-0.1, -0.05) is 50.8 Å². The van der Waals surface area contributed by atoms with Crippen molar-refractivity contribution in [2.75, 3.05) is 18.4 Å². The summed E-state index contributed by atoms with van der Waals surface area (Å²) in [4.78, 5) is 11.8. The summed E-state index contributed by atoms with van der Waals surface area (Å²) in [5, 5.41) is 6.17. The number of hydrogen-bond donors (Lipinski definition) is 2. The van der Waals surface area contributed by atoms with Crippen molar-refractivity contribution in [1.29, 1.82) is 0 Å². The van der Waals surface area contributed by atoms with Crippen LogP contribution in [0.2, 0.25) is 0 Å². The molecule has 3 heteroatoms. The Morgan fingerprint density at radius 1 is 1.20 bits per heavy atom. The summed E-state index contributed by atoms with van der Waals surface area (Å²) < 4.78 is 0. The fraction of sp³-hybridized carbons (Fsp3) is 0.588. The fourth-order valence-electron chi connectivity index (χ4n) is 2.18. The number of nitrogens with one attached hydrogen (secondary N) is 2. The molecular weight excluding hydrogens is 248 g/mol. The van der Waals surface area contributed by atoms with Crippen LogP contribution in [-0.4, -0.2) is 19.0 Å². The van der Waals surface area contributed by atoms with Gasteiger partial charge in [-0.3, -0.25) is 4.79 Å². The number of rotatable bonds is 9. The molecule has 0 aliphatic heterocycles. The zero-order valence-corrected chi connectivity index (χ0v) is 13.0. The van der Waals surface area contributed by atoms with Gasteiger partial charge in [-0.2, -0.15) is 0 Å². The van der Waals surface area contributed by atoms with Crippen molar-refractivity contribution in [3.63, 3.8) is 0 Å². The highest BCUT2D eigenvalue weighted by Gasteiger charge is 2.07. The zero-order valence-electron chi connectivity index (χ0n) is 13.0. The minimum Gasteiger partial charge on any atom is -0.325 e. The predicted molar refractivity (Wildman–Crippen MR) is 86.0 cm³/mol. The van der Waals surface area contributed by atoms with Crippen LogP contribution < -0.4 is 10.6 Å². The summed E-state index contributed by atoms with van der Waals surface area (Å²) in [5.74, 6) is 0.710. The second-order valence-electron chi connectivity index (χ2n) is 5.46. The zero-order chi connectivity index (χ0) is 14.8. The summed E-state index contributed by atoms with van der Waals surface area (Å²) in [6.07, 6.45) is 4.94. The van der Waals surface area contributed by atoms with Crippen LogP contribution in [0.4, 0.5) is 5.69 Å². The van der Waals surface area contributed by atoms with Crippen molar-refractivity contribution in [2.45, 2.75) is 46.5 Å². The fourth-order valence-corrected chi connectivity index (χ4v) is 2.18. The van der Waals surface area contributed by atoms with Crippen molar-refractivity contribution in [1.82, 2.24) is 5.32 Å². The van der Waals surface area contributed by atoms with E-state index in [0.717, 1.165) is 12.2 Å². The first kappa shape index (κ1) is 16.7.